The average Bonchev–Trinajstić information content (AvgIpc) is 2.38. The van der Waals surface area contributed by atoms with Gasteiger partial charge in [-0.2, -0.15) is 0 Å². The summed E-state index contributed by atoms with van der Waals surface area (Å²) in [4.78, 5) is 17.6. The molecule has 8 heteroatoms. The summed E-state index contributed by atoms with van der Waals surface area (Å²) in [7, 11) is 0. The van der Waals surface area contributed by atoms with Crippen LogP contribution in [0.2, 0.25) is 5.15 Å². The maximum atomic E-state index is 13.8. The van der Waals surface area contributed by atoms with Crippen molar-refractivity contribution in [3.8, 4) is 11.6 Å². The van der Waals surface area contributed by atoms with Gasteiger partial charge < -0.3 is 4.74 Å². The zero-order valence-corrected chi connectivity index (χ0v) is 11.3. The fraction of sp³-hybridized carbons (Fsp3) is 0.167. The van der Waals surface area contributed by atoms with Gasteiger partial charge in [0.1, 0.15) is 11.5 Å². The van der Waals surface area contributed by atoms with Crippen LogP contribution in [0.15, 0.2) is 18.5 Å². The predicted octanol–water partition coefficient (Wildman–Crippen LogP) is 3.59. The van der Waals surface area contributed by atoms with E-state index in [2.05, 4.69) is 9.97 Å². The minimum Gasteiger partial charge on any atom is -0.435 e. The number of benzene rings is 1. The van der Waals surface area contributed by atoms with Crippen LogP contribution in [0.1, 0.15) is 11.1 Å². The molecule has 1 heterocycles. The lowest BCUT2D eigenvalue weighted by atomic mass is 10.2. The quantitative estimate of drug-likeness (QED) is 0.491. The zero-order valence-electron chi connectivity index (χ0n) is 10.6. The molecule has 0 saturated heterocycles. The molecule has 0 spiro atoms. The third-order valence-corrected chi connectivity index (χ3v) is 3.01. The first-order valence-electron chi connectivity index (χ1n) is 5.49. The molecule has 0 radical (unpaired) electrons. The molecule has 0 N–H and O–H groups in total. The number of ether oxygens (including phenoxy) is 1. The number of rotatable bonds is 3. The summed E-state index contributed by atoms with van der Waals surface area (Å²) in [6, 6.07) is 2.05. The van der Waals surface area contributed by atoms with Crippen molar-refractivity contribution in [3.63, 3.8) is 0 Å². The topological polar surface area (TPSA) is 78.2 Å². The van der Waals surface area contributed by atoms with Gasteiger partial charge in [0.2, 0.25) is 5.88 Å². The number of nitro groups is 1. The number of nitro benzene ring substituents is 1. The van der Waals surface area contributed by atoms with E-state index in [4.69, 9.17) is 16.3 Å². The lowest BCUT2D eigenvalue weighted by Crippen LogP contribution is -1.98. The Balaban J connectivity index is 2.42. The van der Waals surface area contributed by atoms with Crippen LogP contribution in [0.5, 0.6) is 11.6 Å². The number of aromatic nitrogens is 2. The molecule has 104 valence electrons. The van der Waals surface area contributed by atoms with Crippen LogP contribution in [0.25, 0.3) is 0 Å². The fourth-order valence-corrected chi connectivity index (χ4v) is 1.66. The minimum atomic E-state index is -0.851. The van der Waals surface area contributed by atoms with Crippen molar-refractivity contribution in [2.45, 2.75) is 13.8 Å². The van der Waals surface area contributed by atoms with E-state index in [0.29, 0.717) is 5.56 Å². The van der Waals surface area contributed by atoms with Gasteiger partial charge >= 0.3 is 0 Å². The van der Waals surface area contributed by atoms with Gasteiger partial charge in [-0.05, 0) is 19.9 Å². The molecule has 6 nitrogen and oxygen atoms in total. The van der Waals surface area contributed by atoms with Gasteiger partial charge in [0.25, 0.3) is 5.69 Å². The Morgan fingerprint density at radius 3 is 2.70 bits per heavy atom. The van der Waals surface area contributed by atoms with Gasteiger partial charge in [0.05, 0.1) is 11.0 Å². The summed E-state index contributed by atoms with van der Waals surface area (Å²) in [5.74, 6) is -0.917. The van der Waals surface area contributed by atoms with Gasteiger partial charge in [0.15, 0.2) is 11.6 Å². The molecule has 0 atom stereocenters. The van der Waals surface area contributed by atoms with Crippen LogP contribution < -0.4 is 4.74 Å². The molecule has 0 saturated carbocycles. The lowest BCUT2D eigenvalue weighted by molar-refractivity contribution is -0.385. The minimum absolute atomic E-state index is 0.0946. The first-order chi connectivity index (χ1) is 9.40. The highest BCUT2D eigenvalue weighted by Gasteiger charge is 2.18. The Bertz CT molecular complexity index is 694. The monoisotopic (exact) mass is 297 g/mol. The number of hydrogen-bond acceptors (Lipinski definition) is 5. The normalized spacial score (nSPS) is 10.4. The fourth-order valence-electron chi connectivity index (χ4n) is 1.54. The van der Waals surface area contributed by atoms with E-state index >= 15 is 0 Å². The second-order valence-corrected chi connectivity index (χ2v) is 4.38. The van der Waals surface area contributed by atoms with E-state index in [-0.39, 0.29) is 28.0 Å². The molecule has 0 unspecified atom stereocenters. The number of halogens is 2. The van der Waals surface area contributed by atoms with Crippen LogP contribution in [-0.4, -0.2) is 14.9 Å². The Morgan fingerprint density at radius 2 is 2.05 bits per heavy atom. The van der Waals surface area contributed by atoms with Crippen molar-refractivity contribution in [1.82, 2.24) is 9.97 Å². The van der Waals surface area contributed by atoms with Crippen molar-refractivity contribution in [3.05, 3.63) is 50.7 Å². The van der Waals surface area contributed by atoms with Crippen molar-refractivity contribution in [2.75, 3.05) is 0 Å². The first-order valence-corrected chi connectivity index (χ1v) is 5.87. The first kappa shape index (κ1) is 14.1. The van der Waals surface area contributed by atoms with Crippen molar-refractivity contribution in [1.29, 1.82) is 0 Å². The highest BCUT2D eigenvalue weighted by atomic mass is 35.5. The third kappa shape index (κ3) is 2.67. The van der Waals surface area contributed by atoms with E-state index in [1.54, 1.807) is 6.92 Å². The Hall–Kier alpha value is -2.28. The molecule has 0 aliphatic heterocycles. The van der Waals surface area contributed by atoms with Crippen molar-refractivity contribution < 1.29 is 14.1 Å². The van der Waals surface area contributed by atoms with Crippen LogP contribution in [0, 0.1) is 29.8 Å². The van der Waals surface area contributed by atoms with Gasteiger partial charge in [-0.1, -0.05) is 11.6 Å². The van der Waals surface area contributed by atoms with Crippen LogP contribution in [-0.2, 0) is 0 Å². The summed E-state index contributed by atoms with van der Waals surface area (Å²) >= 11 is 5.80. The van der Waals surface area contributed by atoms with Crippen molar-refractivity contribution >= 4 is 17.3 Å². The highest BCUT2D eigenvalue weighted by Crippen LogP contribution is 2.31. The van der Waals surface area contributed by atoms with E-state index in [0.717, 1.165) is 6.07 Å². The second-order valence-electron chi connectivity index (χ2n) is 4.02. The molecule has 0 bridgehead atoms. The summed E-state index contributed by atoms with van der Waals surface area (Å²) in [5, 5.41) is 10.9. The molecule has 2 aromatic rings. The maximum Gasteiger partial charge on any atom is 0.275 e. The summed E-state index contributed by atoms with van der Waals surface area (Å²) < 4.78 is 19.1. The SMILES string of the molecule is Cc1cc(Oc2ncnc(Cl)c2C)c(F)cc1[N+](=O)[O-]. The molecule has 0 fully saturated rings. The summed E-state index contributed by atoms with van der Waals surface area (Å²) in [6.45, 7) is 3.11. The molecule has 20 heavy (non-hydrogen) atoms. The highest BCUT2D eigenvalue weighted by molar-refractivity contribution is 6.30. The molecular weight excluding hydrogens is 289 g/mol. The van der Waals surface area contributed by atoms with Crippen LogP contribution in [0.3, 0.4) is 0 Å². The van der Waals surface area contributed by atoms with E-state index in [1.807, 2.05) is 0 Å². The van der Waals surface area contributed by atoms with Crippen molar-refractivity contribution in [2.24, 2.45) is 0 Å². The van der Waals surface area contributed by atoms with Gasteiger partial charge in [0, 0.05) is 11.1 Å². The van der Waals surface area contributed by atoms with Gasteiger partial charge in [-0.3, -0.25) is 10.1 Å². The largest absolute Gasteiger partial charge is 0.435 e. The second kappa shape index (κ2) is 5.38. The zero-order chi connectivity index (χ0) is 14.9. The molecule has 0 aliphatic carbocycles. The van der Waals surface area contributed by atoms with Crippen LogP contribution >= 0.6 is 11.6 Å². The molecular formula is C12H9ClFN3O3. The van der Waals surface area contributed by atoms with E-state index in [1.165, 1.54) is 19.3 Å². The number of hydrogen-bond donors (Lipinski definition) is 0. The Kier molecular flexibility index (Phi) is 3.80. The lowest BCUT2D eigenvalue weighted by Gasteiger charge is -2.09. The van der Waals surface area contributed by atoms with Gasteiger partial charge in [-0.15, -0.1) is 0 Å². The summed E-state index contributed by atoms with van der Waals surface area (Å²) in [5.41, 5.74) is 0.418. The summed E-state index contributed by atoms with van der Waals surface area (Å²) in [6.07, 6.45) is 1.18. The molecule has 1 aromatic carbocycles. The molecule has 0 aliphatic rings. The molecule has 1 aromatic heterocycles. The van der Waals surface area contributed by atoms with Gasteiger partial charge in [-0.25, -0.2) is 14.4 Å². The molecule has 2 rings (SSSR count). The smallest absolute Gasteiger partial charge is 0.275 e. The number of aryl methyl sites for hydroxylation is 1. The Morgan fingerprint density at radius 1 is 1.35 bits per heavy atom. The van der Waals surface area contributed by atoms with Crippen LogP contribution in [0.4, 0.5) is 10.1 Å². The average molecular weight is 298 g/mol. The Labute approximate surface area is 118 Å². The standard InChI is InChI=1S/C12H9ClFN3O3/c1-6-3-10(8(14)4-9(6)17(18)19)20-12-7(2)11(13)15-5-16-12/h3-5H,1-2H3. The maximum absolute atomic E-state index is 13.8. The molecule has 0 amide bonds. The van der Waals surface area contributed by atoms with E-state index in [9.17, 15) is 14.5 Å². The number of nitrogens with zero attached hydrogens (tertiary/aromatic N) is 3. The van der Waals surface area contributed by atoms with E-state index < -0.39 is 10.7 Å². The predicted molar refractivity (Wildman–Crippen MR) is 69.6 cm³/mol. The third-order valence-electron chi connectivity index (χ3n) is 2.63.